The molecule has 1 rings (SSSR count). The number of carbonyl (C=O) groups excluding carboxylic acids is 2. The van der Waals surface area contributed by atoms with Gasteiger partial charge in [0, 0.05) is 23.5 Å². The predicted octanol–water partition coefficient (Wildman–Crippen LogP) is -2.55. The fraction of sp³-hybridized carbons (Fsp3) is 0.286. The molecule has 8 heteroatoms. The Hall–Kier alpha value is -0.704. The van der Waals surface area contributed by atoms with Crippen LogP contribution >= 0.6 is 11.3 Å². The second-order valence-electron chi connectivity index (χ2n) is 1.66. The van der Waals surface area contributed by atoms with Gasteiger partial charge in [-0.3, -0.25) is 4.98 Å². The van der Waals surface area contributed by atoms with Gasteiger partial charge in [0.05, 0.1) is 5.51 Å². The minimum atomic E-state index is -1.08. The number of hydrogen-bond donors (Lipinski definition) is 0. The molecule has 1 heterocycles. The van der Waals surface area contributed by atoms with Gasteiger partial charge in [0.25, 0.3) is 0 Å². The van der Waals surface area contributed by atoms with Gasteiger partial charge in [0.1, 0.15) is 0 Å². The molecule has 0 fully saturated rings. The summed E-state index contributed by atoms with van der Waals surface area (Å²) in [5, 5.41) is 19.7. The van der Waals surface area contributed by atoms with E-state index in [0.717, 1.165) is 13.8 Å². The quantitative estimate of drug-likeness (QED) is 0.465. The van der Waals surface area contributed by atoms with E-state index in [1.807, 2.05) is 5.38 Å². The Bertz CT molecular complexity index is 192. The van der Waals surface area contributed by atoms with Crippen molar-refractivity contribution in [1.29, 1.82) is 0 Å². The van der Waals surface area contributed by atoms with E-state index in [2.05, 4.69) is 4.98 Å². The minimum Gasteiger partial charge on any atom is -0.550 e. The molecule has 0 aromatic carbocycles. The zero-order valence-corrected chi connectivity index (χ0v) is 10.7. The number of aromatic nitrogens is 1. The first-order valence-electron chi connectivity index (χ1n) is 3.14. The minimum absolute atomic E-state index is 0. The molecule has 0 spiro atoms. The van der Waals surface area contributed by atoms with Crippen molar-refractivity contribution in [3.05, 3.63) is 17.1 Å². The second kappa shape index (κ2) is 19.0. The van der Waals surface area contributed by atoms with Crippen LogP contribution in [0.4, 0.5) is 0 Å². The van der Waals surface area contributed by atoms with Gasteiger partial charge in [0.15, 0.2) is 0 Å². The van der Waals surface area contributed by atoms with Crippen LogP contribution in [-0.2, 0) is 9.59 Å². The SMILES string of the molecule is CC(=O)[O-].CC(=O)[O-].O.[Mg+2].c1cscn1. The van der Waals surface area contributed by atoms with E-state index in [1.54, 1.807) is 23.0 Å². The van der Waals surface area contributed by atoms with Crippen molar-refractivity contribution < 1.29 is 25.3 Å². The molecule has 82 valence electrons. The summed E-state index contributed by atoms with van der Waals surface area (Å²) in [6.45, 7) is 1.94. The van der Waals surface area contributed by atoms with Crippen molar-refractivity contribution in [3.63, 3.8) is 0 Å². The predicted molar refractivity (Wildman–Crippen MR) is 52.8 cm³/mol. The van der Waals surface area contributed by atoms with Gasteiger partial charge in [-0.05, 0) is 13.8 Å². The van der Waals surface area contributed by atoms with Crippen LogP contribution in [0, 0.1) is 0 Å². The Morgan fingerprint density at radius 2 is 1.53 bits per heavy atom. The Kier molecular flexibility index (Phi) is 30.1. The van der Waals surface area contributed by atoms with E-state index < -0.39 is 11.9 Å². The van der Waals surface area contributed by atoms with E-state index >= 15 is 0 Å². The zero-order valence-electron chi connectivity index (χ0n) is 8.43. The molecular formula is C7H11MgNO5S. The summed E-state index contributed by atoms with van der Waals surface area (Å²) in [5.41, 5.74) is 1.79. The van der Waals surface area contributed by atoms with Crippen molar-refractivity contribution in [2.24, 2.45) is 0 Å². The zero-order chi connectivity index (χ0) is 10.7. The smallest absolute Gasteiger partial charge is 0.550 e. The molecule has 0 atom stereocenters. The number of carboxylic acid groups (broad SMARTS) is 2. The molecule has 0 saturated carbocycles. The van der Waals surface area contributed by atoms with Crippen molar-refractivity contribution >= 4 is 46.3 Å². The van der Waals surface area contributed by atoms with Crippen molar-refractivity contribution in [2.45, 2.75) is 13.8 Å². The number of carboxylic acids is 2. The summed E-state index contributed by atoms with van der Waals surface area (Å²) in [7, 11) is 0. The molecule has 0 aliphatic rings. The standard InChI is InChI=1S/C3H3NS.2C2H4O2.Mg.H2O/c1-2-5-3-4-1;2*1-2(3)4;;/h1-3H;2*1H3,(H,3,4);;1H2/q;;;+2;/p-2. The number of hydrogen-bond acceptors (Lipinski definition) is 6. The number of aliphatic carboxylic acids is 2. The summed E-state index contributed by atoms with van der Waals surface area (Å²) >= 11 is 1.60. The Morgan fingerprint density at radius 1 is 1.20 bits per heavy atom. The van der Waals surface area contributed by atoms with Crippen LogP contribution in [-0.4, -0.2) is 45.5 Å². The van der Waals surface area contributed by atoms with Crippen molar-refractivity contribution in [2.75, 3.05) is 0 Å². The van der Waals surface area contributed by atoms with Crippen LogP contribution in [0.15, 0.2) is 17.1 Å². The van der Waals surface area contributed by atoms with Gasteiger partial charge in [-0.2, -0.15) is 0 Å². The molecule has 15 heavy (non-hydrogen) atoms. The monoisotopic (exact) mass is 245 g/mol. The van der Waals surface area contributed by atoms with E-state index in [-0.39, 0.29) is 28.5 Å². The van der Waals surface area contributed by atoms with Gasteiger partial charge in [-0.1, -0.05) is 0 Å². The van der Waals surface area contributed by atoms with Crippen LogP contribution < -0.4 is 10.2 Å². The number of rotatable bonds is 0. The third-order valence-electron chi connectivity index (χ3n) is 0.347. The molecule has 1 aromatic rings. The number of thiazole rings is 1. The first-order chi connectivity index (χ1) is 5.96. The maximum atomic E-state index is 8.89. The molecule has 0 aliphatic carbocycles. The van der Waals surface area contributed by atoms with Gasteiger partial charge >= 0.3 is 23.1 Å². The molecule has 0 unspecified atom stereocenters. The van der Waals surface area contributed by atoms with Crippen LogP contribution in [0.3, 0.4) is 0 Å². The maximum Gasteiger partial charge on any atom is 2.00 e. The molecule has 1 aromatic heterocycles. The van der Waals surface area contributed by atoms with E-state index in [0.29, 0.717) is 0 Å². The second-order valence-corrected chi connectivity index (χ2v) is 2.41. The van der Waals surface area contributed by atoms with E-state index in [1.165, 1.54) is 0 Å². The van der Waals surface area contributed by atoms with Gasteiger partial charge in [-0.15, -0.1) is 11.3 Å². The Balaban J connectivity index is -0.0000000575. The van der Waals surface area contributed by atoms with Gasteiger partial charge < -0.3 is 25.3 Å². The fourth-order valence-corrected chi connectivity index (χ4v) is 0.527. The summed E-state index contributed by atoms with van der Waals surface area (Å²) < 4.78 is 0. The van der Waals surface area contributed by atoms with E-state index in [9.17, 15) is 0 Å². The maximum absolute atomic E-state index is 8.89. The first kappa shape index (κ1) is 23.8. The normalized spacial score (nSPS) is 6.00. The summed E-state index contributed by atoms with van der Waals surface area (Å²) in [4.78, 5) is 21.5. The molecule has 2 N–H and O–H groups in total. The molecule has 0 bridgehead atoms. The molecule has 6 nitrogen and oxygen atoms in total. The molecular weight excluding hydrogens is 234 g/mol. The number of nitrogens with zero attached hydrogens (tertiary/aromatic N) is 1. The van der Waals surface area contributed by atoms with Crippen molar-refractivity contribution in [3.8, 4) is 0 Å². The molecule has 0 radical (unpaired) electrons. The van der Waals surface area contributed by atoms with Crippen LogP contribution in [0.1, 0.15) is 13.8 Å². The summed E-state index contributed by atoms with van der Waals surface area (Å²) in [6.07, 6.45) is 1.77. The topological polar surface area (TPSA) is 125 Å². The average Bonchev–Trinajstić information content (AvgIpc) is 2.35. The molecule has 0 saturated heterocycles. The molecule has 0 aliphatic heterocycles. The third-order valence-corrected chi connectivity index (χ3v) is 0.869. The van der Waals surface area contributed by atoms with Crippen LogP contribution in [0.2, 0.25) is 0 Å². The van der Waals surface area contributed by atoms with E-state index in [4.69, 9.17) is 19.8 Å². The largest absolute Gasteiger partial charge is 2.00 e. The fourth-order valence-electron chi connectivity index (χ4n) is 0.176. The Morgan fingerprint density at radius 3 is 1.60 bits per heavy atom. The molecule has 0 amide bonds. The number of carbonyl (C=O) groups is 2. The average molecular weight is 246 g/mol. The van der Waals surface area contributed by atoms with Crippen LogP contribution in [0.5, 0.6) is 0 Å². The third kappa shape index (κ3) is 91.9. The van der Waals surface area contributed by atoms with Crippen molar-refractivity contribution in [1.82, 2.24) is 4.98 Å². The summed E-state index contributed by atoms with van der Waals surface area (Å²) in [6, 6.07) is 0. The van der Waals surface area contributed by atoms with Gasteiger partial charge in [0.2, 0.25) is 0 Å². The summed E-state index contributed by atoms with van der Waals surface area (Å²) in [5.74, 6) is -2.17. The van der Waals surface area contributed by atoms with Gasteiger partial charge in [-0.25, -0.2) is 0 Å². The first-order valence-corrected chi connectivity index (χ1v) is 4.08. The van der Waals surface area contributed by atoms with Crippen LogP contribution in [0.25, 0.3) is 0 Å². The Labute approximate surface area is 107 Å².